The van der Waals surface area contributed by atoms with Gasteiger partial charge in [-0.15, -0.1) is 0 Å². The zero-order valence-corrected chi connectivity index (χ0v) is 12.0. The fourth-order valence-corrected chi connectivity index (χ4v) is 5.60. The largest absolute Gasteiger partial charge is 0.381 e. The van der Waals surface area contributed by atoms with E-state index in [2.05, 4.69) is 19.2 Å². The van der Waals surface area contributed by atoms with Crippen LogP contribution in [0.25, 0.3) is 0 Å². The molecule has 0 aromatic carbocycles. The predicted octanol–water partition coefficient (Wildman–Crippen LogP) is 1.69. The average Bonchev–Trinajstić information content (AvgIpc) is 2.64. The second kappa shape index (κ2) is 5.37. The molecular weight excluding hydrogens is 234 g/mol. The maximum absolute atomic E-state index is 12.7. The summed E-state index contributed by atoms with van der Waals surface area (Å²) in [5, 5.41) is 4.09. The number of hydrogen-bond donors (Lipinski definition) is 1. The van der Waals surface area contributed by atoms with Crippen molar-refractivity contribution in [1.29, 1.82) is 0 Å². The molecular formula is C13H25NO2S. The maximum Gasteiger partial charge on any atom is 0.0509 e. The summed E-state index contributed by atoms with van der Waals surface area (Å²) in [6.07, 6.45) is 4.22. The predicted molar refractivity (Wildman–Crippen MR) is 71.6 cm³/mol. The lowest BCUT2D eigenvalue weighted by atomic mass is 9.87. The minimum Gasteiger partial charge on any atom is -0.381 e. The minimum absolute atomic E-state index is 0.278. The molecule has 4 heteroatoms. The van der Waals surface area contributed by atoms with Crippen LogP contribution in [0.5, 0.6) is 0 Å². The molecule has 2 rings (SSSR count). The fraction of sp³-hybridized carbons (Fsp3) is 1.00. The van der Waals surface area contributed by atoms with Crippen LogP contribution in [0.1, 0.15) is 39.5 Å². The molecule has 0 amide bonds. The van der Waals surface area contributed by atoms with Crippen molar-refractivity contribution in [2.75, 3.05) is 20.3 Å². The van der Waals surface area contributed by atoms with Crippen molar-refractivity contribution in [3.05, 3.63) is 0 Å². The Labute approximate surface area is 107 Å². The molecule has 0 aromatic heterocycles. The summed E-state index contributed by atoms with van der Waals surface area (Å²) in [5.41, 5.74) is 0.278. The van der Waals surface area contributed by atoms with Gasteiger partial charge in [0.2, 0.25) is 0 Å². The lowest BCUT2D eigenvalue weighted by Gasteiger charge is -2.32. The van der Waals surface area contributed by atoms with Crippen molar-refractivity contribution in [3.8, 4) is 0 Å². The lowest BCUT2D eigenvalue weighted by Crippen LogP contribution is -2.46. The van der Waals surface area contributed by atoms with E-state index in [1.165, 1.54) is 6.42 Å². The standard InChI is InChI=1S/C13H25NO2S/c1-13(2)7-4-11(12(13)14-3)17(15)10-5-8-16-9-6-10/h10-12,14H,4-9H2,1-3H3. The SMILES string of the molecule is CNC1C(S(=O)C2CCOCC2)CCC1(C)C. The van der Waals surface area contributed by atoms with E-state index in [9.17, 15) is 4.21 Å². The lowest BCUT2D eigenvalue weighted by molar-refractivity contribution is 0.0990. The van der Waals surface area contributed by atoms with E-state index in [1.54, 1.807) is 0 Å². The van der Waals surface area contributed by atoms with Gasteiger partial charge in [0.1, 0.15) is 0 Å². The molecule has 1 saturated carbocycles. The van der Waals surface area contributed by atoms with Gasteiger partial charge in [0.05, 0.1) is 5.25 Å². The summed E-state index contributed by atoms with van der Waals surface area (Å²) in [5.74, 6) is 0. The first-order valence-electron chi connectivity index (χ1n) is 6.70. The molecule has 100 valence electrons. The van der Waals surface area contributed by atoms with Crippen LogP contribution in [0.2, 0.25) is 0 Å². The molecule has 3 atom stereocenters. The highest BCUT2D eigenvalue weighted by Crippen LogP contribution is 2.41. The molecule has 1 heterocycles. The summed E-state index contributed by atoms with van der Waals surface area (Å²) in [6.45, 7) is 6.15. The van der Waals surface area contributed by atoms with Crippen molar-refractivity contribution in [3.63, 3.8) is 0 Å². The molecule has 0 radical (unpaired) electrons. The average molecular weight is 259 g/mol. The maximum atomic E-state index is 12.7. The van der Waals surface area contributed by atoms with E-state index in [0.717, 1.165) is 32.5 Å². The van der Waals surface area contributed by atoms with Gasteiger partial charge in [-0.25, -0.2) is 0 Å². The summed E-state index contributed by atoms with van der Waals surface area (Å²) in [6, 6.07) is 0.395. The molecule has 3 unspecified atom stereocenters. The zero-order chi connectivity index (χ0) is 12.5. The van der Waals surface area contributed by atoms with Gasteiger partial charge in [0.25, 0.3) is 0 Å². The molecule has 3 nitrogen and oxygen atoms in total. The summed E-state index contributed by atoms with van der Waals surface area (Å²) >= 11 is 0. The molecule has 1 aliphatic carbocycles. The molecule has 2 aliphatic rings. The molecule has 1 saturated heterocycles. The van der Waals surface area contributed by atoms with Crippen molar-refractivity contribution in [1.82, 2.24) is 5.32 Å². The second-order valence-electron chi connectivity index (χ2n) is 5.97. The molecule has 0 spiro atoms. The van der Waals surface area contributed by atoms with Gasteiger partial charge < -0.3 is 10.1 Å². The monoisotopic (exact) mass is 259 g/mol. The zero-order valence-electron chi connectivity index (χ0n) is 11.2. The molecule has 17 heavy (non-hydrogen) atoms. The Balaban J connectivity index is 2.04. The van der Waals surface area contributed by atoms with Crippen LogP contribution >= 0.6 is 0 Å². The number of rotatable bonds is 3. The first-order chi connectivity index (χ1) is 8.06. The Morgan fingerprint density at radius 1 is 1.24 bits per heavy atom. The highest BCUT2D eigenvalue weighted by atomic mass is 32.2. The third-order valence-corrected chi connectivity index (χ3v) is 6.63. The first kappa shape index (κ1) is 13.5. The van der Waals surface area contributed by atoms with E-state index in [-0.39, 0.29) is 5.41 Å². The Bertz CT molecular complexity index is 287. The van der Waals surface area contributed by atoms with Crippen LogP contribution in [0.3, 0.4) is 0 Å². The van der Waals surface area contributed by atoms with E-state index in [0.29, 0.717) is 16.5 Å². The van der Waals surface area contributed by atoms with E-state index >= 15 is 0 Å². The van der Waals surface area contributed by atoms with Crippen LogP contribution in [-0.2, 0) is 15.5 Å². The smallest absolute Gasteiger partial charge is 0.0509 e. The van der Waals surface area contributed by atoms with Gasteiger partial charge >= 0.3 is 0 Å². The van der Waals surface area contributed by atoms with Gasteiger partial charge in [-0.05, 0) is 38.1 Å². The van der Waals surface area contributed by atoms with Crippen molar-refractivity contribution in [2.45, 2.75) is 56.1 Å². The Kier molecular flexibility index (Phi) is 4.26. The van der Waals surface area contributed by atoms with Crippen LogP contribution < -0.4 is 5.32 Å². The van der Waals surface area contributed by atoms with Crippen LogP contribution in [0.4, 0.5) is 0 Å². The molecule has 2 fully saturated rings. The Hall–Kier alpha value is 0.0700. The third kappa shape index (κ3) is 2.74. The van der Waals surface area contributed by atoms with Crippen molar-refractivity contribution >= 4 is 10.8 Å². The van der Waals surface area contributed by atoms with Crippen molar-refractivity contribution in [2.24, 2.45) is 5.41 Å². The van der Waals surface area contributed by atoms with E-state index in [1.807, 2.05) is 7.05 Å². The van der Waals surface area contributed by atoms with E-state index < -0.39 is 10.8 Å². The quantitative estimate of drug-likeness (QED) is 0.838. The Morgan fingerprint density at radius 3 is 2.47 bits per heavy atom. The van der Waals surface area contributed by atoms with Gasteiger partial charge in [-0.1, -0.05) is 13.8 Å². The third-order valence-electron chi connectivity index (χ3n) is 4.39. The van der Waals surface area contributed by atoms with Crippen LogP contribution in [0.15, 0.2) is 0 Å². The van der Waals surface area contributed by atoms with Crippen LogP contribution in [-0.4, -0.2) is 41.0 Å². The topological polar surface area (TPSA) is 38.3 Å². The second-order valence-corrected chi connectivity index (χ2v) is 7.90. The van der Waals surface area contributed by atoms with Gasteiger partial charge in [0, 0.05) is 35.3 Å². The molecule has 0 bridgehead atoms. The van der Waals surface area contributed by atoms with Crippen molar-refractivity contribution < 1.29 is 8.95 Å². The highest BCUT2D eigenvalue weighted by molar-refractivity contribution is 7.86. The van der Waals surface area contributed by atoms with Gasteiger partial charge in [-0.3, -0.25) is 4.21 Å². The first-order valence-corrected chi connectivity index (χ1v) is 7.98. The van der Waals surface area contributed by atoms with E-state index in [4.69, 9.17) is 4.74 Å². The normalized spacial score (nSPS) is 35.9. The number of ether oxygens (including phenoxy) is 1. The molecule has 0 aromatic rings. The fourth-order valence-electron chi connectivity index (χ4n) is 3.32. The summed E-state index contributed by atoms with van der Waals surface area (Å²) < 4.78 is 18.0. The summed E-state index contributed by atoms with van der Waals surface area (Å²) in [7, 11) is 1.31. The molecule has 1 N–H and O–H groups in total. The molecule has 1 aliphatic heterocycles. The Morgan fingerprint density at radius 2 is 1.88 bits per heavy atom. The highest BCUT2D eigenvalue weighted by Gasteiger charge is 2.45. The number of hydrogen-bond acceptors (Lipinski definition) is 3. The number of nitrogens with one attached hydrogen (secondary N) is 1. The minimum atomic E-state index is -0.701. The van der Waals surface area contributed by atoms with Gasteiger partial charge in [-0.2, -0.15) is 0 Å². The van der Waals surface area contributed by atoms with Gasteiger partial charge in [0.15, 0.2) is 0 Å². The van der Waals surface area contributed by atoms with Crippen LogP contribution in [0, 0.1) is 5.41 Å². The summed E-state index contributed by atoms with van der Waals surface area (Å²) in [4.78, 5) is 0.